The third kappa shape index (κ3) is 5.91. The van der Waals surface area contributed by atoms with Gasteiger partial charge in [0.05, 0.1) is 26.9 Å². The number of hydrogen-bond donors (Lipinski definition) is 1. The van der Waals surface area contributed by atoms with Crippen LogP contribution in [-0.4, -0.2) is 46.7 Å². The Labute approximate surface area is 126 Å². The van der Waals surface area contributed by atoms with Crippen LogP contribution < -0.4 is 14.8 Å². The van der Waals surface area contributed by atoms with E-state index in [0.717, 1.165) is 23.6 Å². The molecule has 5 nitrogen and oxygen atoms in total. The van der Waals surface area contributed by atoms with E-state index in [4.69, 9.17) is 18.9 Å². The van der Waals surface area contributed by atoms with Gasteiger partial charge in [-0.15, -0.1) is 0 Å². The highest BCUT2D eigenvalue weighted by Gasteiger charge is 2.20. The predicted molar refractivity (Wildman–Crippen MR) is 81.0 cm³/mol. The lowest BCUT2D eigenvalue weighted by molar-refractivity contribution is 0.0542. The summed E-state index contributed by atoms with van der Waals surface area (Å²) in [6.45, 7) is 3.11. The summed E-state index contributed by atoms with van der Waals surface area (Å²) in [4.78, 5) is 0. The summed E-state index contributed by atoms with van der Waals surface area (Å²) in [5.74, 6) is 1.74. The van der Waals surface area contributed by atoms with Gasteiger partial charge in [0.2, 0.25) is 0 Å². The van der Waals surface area contributed by atoms with Crippen LogP contribution in [0.4, 0.5) is 0 Å². The minimum absolute atomic E-state index is 0.534. The highest BCUT2D eigenvalue weighted by molar-refractivity contribution is 5.40. The van der Waals surface area contributed by atoms with Crippen molar-refractivity contribution in [3.8, 4) is 11.5 Å². The molecule has 0 bridgehead atoms. The molecule has 0 spiro atoms. The average Bonchev–Trinajstić information content (AvgIpc) is 3.33. The van der Waals surface area contributed by atoms with Crippen LogP contribution in [0.1, 0.15) is 18.4 Å². The Morgan fingerprint density at radius 3 is 2.62 bits per heavy atom. The summed E-state index contributed by atoms with van der Waals surface area (Å²) >= 11 is 0. The molecule has 0 radical (unpaired) electrons. The molecule has 1 aromatic carbocycles. The first-order valence-electron chi connectivity index (χ1n) is 7.43. The molecule has 0 heterocycles. The maximum Gasteiger partial charge on any atom is 0.124 e. The molecule has 5 heteroatoms. The van der Waals surface area contributed by atoms with Gasteiger partial charge in [0.1, 0.15) is 18.1 Å². The Balaban J connectivity index is 1.81. The second-order valence-electron chi connectivity index (χ2n) is 5.08. The van der Waals surface area contributed by atoms with Gasteiger partial charge in [0.25, 0.3) is 0 Å². The highest BCUT2D eigenvalue weighted by atomic mass is 16.5. The van der Waals surface area contributed by atoms with Gasteiger partial charge in [0.15, 0.2) is 0 Å². The van der Waals surface area contributed by atoms with E-state index < -0.39 is 0 Å². The van der Waals surface area contributed by atoms with Crippen molar-refractivity contribution in [3.05, 3.63) is 23.8 Å². The van der Waals surface area contributed by atoms with Crippen molar-refractivity contribution >= 4 is 0 Å². The van der Waals surface area contributed by atoms with Gasteiger partial charge in [-0.05, 0) is 31.0 Å². The van der Waals surface area contributed by atoms with Gasteiger partial charge in [-0.3, -0.25) is 0 Å². The first-order valence-corrected chi connectivity index (χ1v) is 7.43. The Morgan fingerprint density at radius 2 is 1.90 bits per heavy atom. The van der Waals surface area contributed by atoms with E-state index in [9.17, 15) is 0 Å². The Kier molecular flexibility index (Phi) is 6.79. The van der Waals surface area contributed by atoms with E-state index in [-0.39, 0.29) is 0 Å². The molecule has 0 aliphatic heterocycles. The number of methoxy groups -OCH3 is 2. The van der Waals surface area contributed by atoms with Crippen molar-refractivity contribution < 1.29 is 18.9 Å². The second-order valence-corrected chi connectivity index (χ2v) is 5.08. The second kappa shape index (κ2) is 8.87. The largest absolute Gasteiger partial charge is 0.497 e. The topological polar surface area (TPSA) is 49.0 Å². The van der Waals surface area contributed by atoms with Crippen LogP contribution in [0, 0.1) is 0 Å². The van der Waals surface area contributed by atoms with Gasteiger partial charge < -0.3 is 24.3 Å². The number of ether oxygens (including phenoxy) is 4. The van der Waals surface area contributed by atoms with Crippen molar-refractivity contribution in [2.45, 2.75) is 25.4 Å². The molecule has 0 saturated heterocycles. The third-order valence-corrected chi connectivity index (χ3v) is 3.34. The monoisotopic (exact) mass is 295 g/mol. The maximum absolute atomic E-state index is 5.81. The Morgan fingerprint density at radius 1 is 1.10 bits per heavy atom. The molecule has 0 unspecified atom stereocenters. The molecule has 0 atom stereocenters. The summed E-state index contributed by atoms with van der Waals surface area (Å²) in [5.41, 5.74) is 1.12. The lowest BCUT2D eigenvalue weighted by Crippen LogP contribution is -2.17. The fourth-order valence-electron chi connectivity index (χ4n) is 1.96. The van der Waals surface area contributed by atoms with Crippen LogP contribution in [0.2, 0.25) is 0 Å². The highest BCUT2D eigenvalue weighted by Crippen LogP contribution is 2.26. The van der Waals surface area contributed by atoms with Gasteiger partial charge >= 0.3 is 0 Å². The molecule has 21 heavy (non-hydrogen) atoms. The van der Waals surface area contributed by atoms with Crippen LogP contribution in [0.25, 0.3) is 0 Å². The van der Waals surface area contributed by atoms with Crippen LogP contribution in [0.3, 0.4) is 0 Å². The predicted octanol–water partition coefficient (Wildman–Crippen LogP) is 1.99. The van der Waals surface area contributed by atoms with Gasteiger partial charge in [-0.1, -0.05) is 0 Å². The maximum atomic E-state index is 5.81. The first-order chi connectivity index (χ1) is 10.3. The third-order valence-electron chi connectivity index (χ3n) is 3.34. The summed E-state index contributed by atoms with van der Waals surface area (Å²) in [6, 6.07) is 6.57. The standard InChI is InChI=1S/C16H25NO4/c1-18-7-8-20-9-10-21-16-6-5-15(19-2)11-13(16)12-17-14-3-4-14/h5-6,11,14,17H,3-4,7-10,12H2,1-2H3. The zero-order valence-corrected chi connectivity index (χ0v) is 12.9. The normalized spacial score (nSPS) is 14.2. The van der Waals surface area contributed by atoms with Crippen LogP contribution in [0.5, 0.6) is 11.5 Å². The molecule has 118 valence electrons. The van der Waals surface area contributed by atoms with E-state index in [1.54, 1.807) is 14.2 Å². The lowest BCUT2D eigenvalue weighted by Gasteiger charge is -2.13. The fraction of sp³-hybridized carbons (Fsp3) is 0.625. The molecule has 0 aromatic heterocycles. The van der Waals surface area contributed by atoms with E-state index in [2.05, 4.69) is 5.32 Å². The average molecular weight is 295 g/mol. The number of nitrogens with one attached hydrogen (secondary N) is 1. The quantitative estimate of drug-likeness (QED) is 0.633. The van der Waals surface area contributed by atoms with Crippen LogP contribution >= 0.6 is 0 Å². The van der Waals surface area contributed by atoms with Crippen molar-refractivity contribution in [1.82, 2.24) is 5.32 Å². The minimum Gasteiger partial charge on any atom is -0.497 e. The lowest BCUT2D eigenvalue weighted by atomic mass is 10.2. The summed E-state index contributed by atoms with van der Waals surface area (Å²) in [6.07, 6.45) is 2.54. The first kappa shape index (κ1) is 16.1. The molecule has 1 N–H and O–H groups in total. The Hall–Kier alpha value is -1.30. The smallest absolute Gasteiger partial charge is 0.124 e. The molecule has 1 saturated carbocycles. The summed E-state index contributed by atoms with van der Waals surface area (Å²) in [5, 5.41) is 3.50. The SMILES string of the molecule is COCCOCCOc1ccc(OC)cc1CNC1CC1. The summed E-state index contributed by atoms with van der Waals surface area (Å²) < 4.78 is 21.4. The van der Waals surface area contributed by atoms with Crippen LogP contribution in [0.15, 0.2) is 18.2 Å². The van der Waals surface area contributed by atoms with Crippen molar-refractivity contribution in [2.75, 3.05) is 40.6 Å². The number of rotatable bonds is 11. The van der Waals surface area contributed by atoms with E-state index >= 15 is 0 Å². The van der Waals surface area contributed by atoms with Crippen LogP contribution in [-0.2, 0) is 16.0 Å². The van der Waals surface area contributed by atoms with Gasteiger partial charge in [0, 0.05) is 25.3 Å². The molecular formula is C16H25NO4. The van der Waals surface area contributed by atoms with E-state index in [1.807, 2.05) is 18.2 Å². The number of hydrogen-bond acceptors (Lipinski definition) is 5. The van der Waals surface area contributed by atoms with Gasteiger partial charge in [-0.2, -0.15) is 0 Å². The summed E-state index contributed by atoms with van der Waals surface area (Å²) in [7, 11) is 3.34. The molecule has 1 aliphatic rings. The molecular weight excluding hydrogens is 270 g/mol. The fourth-order valence-corrected chi connectivity index (χ4v) is 1.96. The molecule has 0 amide bonds. The van der Waals surface area contributed by atoms with Crippen molar-refractivity contribution in [2.24, 2.45) is 0 Å². The molecule has 2 rings (SSSR count). The zero-order chi connectivity index (χ0) is 14.9. The van der Waals surface area contributed by atoms with E-state index in [1.165, 1.54) is 12.8 Å². The van der Waals surface area contributed by atoms with Crippen molar-refractivity contribution in [1.29, 1.82) is 0 Å². The zero-order valence-electron chi connectivity index (χ0n) is 12.9. The van der Waals surface area contributed by atoms with E-state index in [0.29, 0.717) is 32.5 Å². The molecule has 1 fully saturated rings. The Bertz CT molecular complexity index is 421. The number of benzene rings is 1. The molecule has 1 aliphatic carbocycles. The van der Waals surface area contributed by atoms with Gasteiger partial charge in [-0.25, -0.2) is 0 Å². The minimum atomic E-state index is 0.534. The molecule has 1 aromatic rings. The van der Waals surface area contributed by atoms with Crippen molar-refractivity contribution in [3.63, 3.8) is 0 Å².